The lowest BCUT2D eigenvalue weighted by Crippen LogP contribution is -2.40. The fraction of sp³-hybridized carbons (Fsp3) is 0.625. The number of benzene rings is 1. The van der Waals surface area contributed by atoms with Gasteiger partial charge in [-0.05, 0) is 56.7 Å². The van der Waals surface area contributed by atoms with E-state index in [9.17, 15) is 0 Å². The highest BCUT2D eigenvalue weighted by Gasteiger charge is 2.22. The van der Waals surface area contributed by atoms with E-state index >= 15 is 0 Å². The van der Waals surface area contributed by atoms with Crippen molar-refractivity contribution in [3.63, 3.8) is 0 Å². The highest BCUT2D eigenvalue weighted by atomic mass is 32.2. The van der Waals surface area contributed by atoms with Crippen LogP contribution in [0.15, 0.2) is 29.2 Å². The van der Waals surface area contributed by atoms with Gasteiger partial charge in [0.05, 0.1) is 0 Å². The molecule has 2 aliphatic rings. The van der Waals surface area contributed by atoms with Crippen LogP contribution in [0.2, 0.25) is 0 Å². The van der Waals surface area contributed by atoms with Crippen LogP contribution in [-0.2, 0) is 0 Å². The van der Waals surface area contributed by atoms with E-state index in [1.165, 1.54) is 55.1 Å². The summed E-state index contributed by atoms with van der Waals surface area (Å²) in [6.45, 7) is 6.13. The molecule has 2 atom stereocenters. The van der Waals surface area contributed by atoms with Crippen molar-refractivity contribution in [3.8, 4) is 0 Å². The predicted molar refractivity (Wildman–Crippen MR) is 82.8 cm³/mol. The molecule has 2 nitrogen and oxygen atoms in total. The Morgan fingerprint density at radius 2 is 2.11 bits per heavy atom. The molecule has 1 N–H and O–H groups in total. The molecule has 0 amide bonds. The normalized spacial score (nSPS) is 25.2. The standard InChI is InChI=1S/C16H24N2S/c1-13(12-18-9-4-5-10-18)17-15-8-11-19-16-7-3-2-6-14(15)16/h2-3,6-7,13,15,17H,4-5,8-12H2,1H3. The Balaban J connectivity index is 1.60. The number of rotatable bonds is 4. The number of hydrogen-bond donors (Lipinski definition) is 1. The number of nitrogens with one attached hydrogen (secondary N) is 1. The number of fused-ring (bicyclic) bond motifs is 1. The van der Waals surface area contributed by atoms with Crippen molar-refractivity contribution >= 4 is 11.8 Å². The van der Waals surface area contributed by atoms with Gasteiger partial charge in [-0.2, -0.15) is 0 Å². The zero-order chi connectivity index (χ0) is 13.1. The summed E-state index contributed by atoms with van der Waals surface area (Å²) in [5, 5.41) is 3.85. The van der Waals surface area contributed by atoms with Gasteiger partial charge >= 0.3 is 0 Å². The summed E-state index contributed by atoms with van der Waals surface area (Å²) >= 11 is 2.00. The molecule has 19 heavy (non-hydrogen) atoms. The molecule has 2 aliphatic heterocycles. The SMILES string of the molecule is CC(CN1CCCC1)NC1CCSc2ccccc21. The summed E-state index contributed by atoms with van der Waals surface area (Å²) < 4.78 is 0. The molecule has 3 rings (SSSR count). The summed E-state index contributed by atoms with van der Waals surface area (Å²) in [6, 6.07) is 10.0. The third-order valence-corrected chi connectivity index (χ3v) is 5.30. The number of likely N-dealkylation sites (tertiary alicyclic amines) is 1. The highest BCUT2D eigenvalue weighted by Crippen LogP contribution is 2.36. The van der Waals surface area contributed by atoms with E-state index in [4.69, 9.17) is 0 Å². The van der Waals surface area contributed by atoms with Gasteiger partial charge in [0.2, 0.25) is 0 Å². The van der Waals surface area contributed by atoms with Crippen molar-refractivity contribution in [2.75, 3.05) is 25.4 Å². The van der Waals surface area contributed by atoms with Crippen molar-refractivity contribution in [1.82, 2.24) is 10.2 Å². The zero-order valence-corrected chi connectivity index (χ0v) is 12.6. The van der Waals surface area contributed by atoms with Crippen LogP contribution in [0.3, 0.4) is 0 Å². The van der Waals surface area contributed by atoms with Gasteiger partial charge in [0.25, 0.3) is 0 Å². The van der Waals surface area contributed by atoms with Crippen LogP contribution in [0, 0.1) is 0 Å². The average Bonchev–Trinajstić information content (AvgIpc) is 2.92. The highest BCUT2D eigenvalue weighted by molar-refractivity contribution is 7.99. The molecule has 2 unspecified atom stereocenters. The largest absolute Gasteiger partial charge is 0.306 e. The second-order valence-corrected chi connectivity index (χ2v) is 6.94. The van der Waals surface area contributed by atoms with E-state index in [0.29, 0.717) is 12.1 Å². The molecular formula is C16H24N2S. The van der Waals surface area contributed by atoms with E-state index in [0.717, 1.165) is 0 Å². The molecule has 3 heteroatoms. The lowest BCUT2D eigenvalue weighted by Gasteiger charge is -2.30. The van der Waals surface area contributed by atoms with Gasteiger partial charge in [-0.15, -0.1) is 11.8 Å². The van der Waals surface area contributed by atoms with Gasteiger partial charge in [0.15, 0.2) is 0 Å². The van der Waals surface area contributed by atoms with E-state index in [1.807, 2.05) is 11.8 Å². The summed E-state index contributed by atoms with van der Waals surface area (Å²) in [6.07, 6.45) is 4.03. The van der Waals surface area contributed by atoms with Crippen LogP contribution < -0.4 is 5.32 Å². The molecular weight excluding hydrogens is 252 g/mol. The molecule has 1 fully saturated rings. The molecule has 1 saturated heterocycles. The fourth-order valence-corrected chi connectivity index (χ4v) is 4.39. The van der Waals surface area contributed by atoms with Gasteiger partial charge in [-0.3, -0.25) is 0 Å². The minimum absolute atomic E-state index is 0.551. The first-order chi connectivity index (χ1) is 9.33. The summed E-state index contributed by atoms with van der Waals surface area (Å²) in [5.41, 5.74) is 1.51. The second-order valence-electron chi connectivity index (χ2n) is 5.80. The van der Waals surface area contributed by atoms with Crippen LogP contribution in [0.25, 0.3) is 0 Å². The maximum Gasteiger partial charge on any atom is 0.0342 e. The molecule has 0 bridgehead atoms. The Bertz CT molecular complexity index is 415. The Morgan fingerprint density at radius 1 is 1.32 bits per heavy atom. The molecule has 0 spiro atoms. The predicted octanol–water partition coefficient (Wildman–Crippen LogP) is 3.30. The first kappa shape index (κ1) is 13.5. The van der Waals surface area contributed by atoms with E-state index in [-0.39, 0.29) is 0 Å². The number of nitrogens with zero attached hydrogens (tertiary/aromatic N) is 1. The van der Waals surface area contributed by atoms with Gasteiger partial charge < -0.3 is 10.2 Å². The molecule has 1 aromatic rings. The van der Waals surface area contributed by atoms with E-state index in [2.05, 4.69) is 41.4 Å². The molecule has 0 radical (unpaired) electrons. The van der Waals surface area contributed by atoms with Crippen molar-refractivity contribution in [2.45, 2.75) is 43.2 Å². The molecule has 1 aromatic carbocycles. The molecule has 0 saturated carbocycles. The van der Waals surface area contributed by atoms with Crippen LogP contribution in [-0.4, -0.2) is 36.3 Å². The third-order valence-electron chi connectivity index (χ3n) is 4.17. The Morgan fingerprint density at radius 3 is 2.95 bits per heavy atom. The van der Waals surface area contributed by atoms with Crippen LogP contribution >= 0.6 is 11.8 Å². The second kappa shape index (κ2) is 6.29. The van der Waals surface area contributed by atoms with Gasteiger partial charge in [0.1, 0.15) is 0 Å². The van der Waals surface area contributed by atoms with Crippen molar-refractivity contribution in [2.24, 2.45) is 0 Å². The van der Waals surface area contributed by atoms with Gasteiger partial charge in [-0.1, -0.05) is 18.2 Å². The Hall–Kier alpha value is -0.510. The smallest absolute Gasteiger partial charge is 0.0342 e. The summed E-state index contributed by atoms with van der Waals surface area (Å²) in [4.78, 5) is 4.07. The minimum Gasteiger partial charge on any atom is -0.306 e. The first-order valence-electron chi connectivity index (χ1n) is 7.53. The quantitative estimate of drug-likeness (QED) is 0.908. The van der Waals surface area contributed by atoms with Crippen LogP contribution in [0.5, 0.6) is 0 Å². The summed E-state index contributed by atoms with van der Waals surface area (Å²) in [7, 11) is 0. The van der Waals surface area contributed by atoms with Crippen LogP contribution in [0.1, 0.15) is 37.8 Å². The maximum absolute atomic E-state index is 3.85. The van der Waals surface area contributed by atoms with Gasteiger partial charge in [-0.25, -0.2) is 0 Å². The van der Waals surface area contributed by atoms with E-state index in [1.54, 1.807) is 0 Å². The lowest BCUT2D eigenvalue weighted by molar-refractivity contribution is 0.284. The Kier molecular flexibility index (Phi) is 4.46. The van der Waals surface area contributed by atoms with Crippen molar-refractivity contribution < 1.29 is 0 Å². The minimum atomic E-state index is 0.551. The molecule has 2 heterocycles. The van der Waals surface area contributed by atoms with Crippen molar-refractivity contribution in [3.05, 3.63) is 29.8 Å². The molecule has 0 aliphatic carbocycles. The van der Waals surface area contributed by atoms with E-state index < -0.39 is 0 Å². The lowest BCUT2D eigenvalue weighted by atomic mass is 10.0. The average molecular weight is 276 g/mol. The topological polar surface area (TPSA) is 15.3 Å². The van der Waals surface area contributed by atoms with Crippen LogP contribution in [0.4, 0.5) is 0 Å². The monoisotopic (exact) mass is 276 g/mol. The Labute approximate surface area is 121 Å². The third kappa shape index (κ3) is 3.33. The van der Waals surface area contributed by atoms with Gasteiger partial charge in [0, 0.05) is 23.5 Å². The summed E-state index contributed by atoms with van der Waals surface area (Å²) in [5.74, 6) is 1.24. The van der Waals surface area contributed by atoms with Crippen molar-refractivity contribution in [1.29, 1.82) is 0 Å². The molecule has 0 aromatic heterocycles. The molecule has 104 valence electrons. The number of thioether (sulfide) groups is 1. The maximum atomic E-state index is 3.85. The number of hydrogen-bond acceptors (Lipinski definition) is 3. The zero-order valence-electron chi connectivity index (χ0n) is 11.8. The first-order valence-corrected chi connectivity index (χ1v) is 8.51. The fourth-order valence-electron chi connectivity index (χ4n) is 3.26.